The zero-order valence-electron chi connectivity index (χ0n) is 30.1. The van der Waals surface area contributed by atoms with Crippen molar-refractivity contribution in [1.82, 2.24) is 15.0 Å². The molecule has 0 aliphatic rings. The third-order valence-electron chi connectivity index (χ3n) is 10.6. The van der Waals surface area contributed by atoms with Crippen LogP contribution in [-0.4, -0.2) is 15.0 Å². The number of rotatable bonds is 6. The summed E-state index contributed by atoms with van der Waals surface area (Å²) >= 11 is 1.84. The van der Waals surface area contributed by atoms with Crippen LogP contribution in [0.3, 0.4) is 0 Å². The van der Waals surface area contributed by atoms with Crippen molar-refractivity contribution in [1.29, 1.82) is 0 Å². The van der Waals surface area contributed by atoms with Crippen molar-refractivity contribution in [3.63, 3.8) is 0 Å². The van der Waals surface area contributed by atoms with Gasteiger partial charge in [0, 0.05) is 47.6 Å². The highest BCUT2D eigenvalue weighted by molar-refractivity contribution is 7.25. The summed E-state index contributed by atoms with van der Waals surface area (Å²) in [4.78, 5) is 14.8. The van der Waals surface area contributed by atoms with Gasteiger partial charge in [0.1, 0.15) is 11.2 Å². The maximum Gasteiger partial charge on any atom is 0.164 e. The first-order chi connectivity index (χ1) is 27.7. The Bertz CT molecular complexity index is 3180. The van der Waals surface area contributed by atoms with E-state index in [1.54, 1.807) is 0 Å². The van der Waals surface area contributed by atoms with Crippen molar-refractivity contribution in [2.45, 2.75) is 0 Å². The summed E-state index contributed by atoms with van der Waals surface area (Å²) in [6, 6.07) is 65.9. The molecule has 0 atom stereocenters. The van der Waals surface area contributed by atoms with Crippen LogP contribution < -0.4 is 0 Å². The fourth-order valence-corrected chi connectivity index (χ4v) is 8.84. The van der Waals surface area contributed by atoms with E-state index in [1.807, 2.05) is 84.1 Å². The van der Waals surface area contributed by atoms with Gasteiger partial charge in [0.15, 0.2) is 17.5 Å². The van der Waals surface area contributed by atoms with Crippen LogP contribution >= 0.6 is 11.3 Å². The van der Waals surface area contributed by atoms with E-state index in [4.69, 9.17) is 19.4 Å². The van der Waals surface area contributed by atoms with Gasteiger partial charge in [0.05, 0.1) is 0 Å². The quantitative estimate of drug-likeness (QED) is 0.171. The van der Waals surface area contributed by atoms with E-state index < -0.39 is 0 Å². The van der Waals surface area contributed by atoms with E-state index in [0.717, 1.165) is 60.9 Å². The summed E-state index contributed by atoms with van der Waals surface area (Å²) in [6.45, 7) is 0. The highest BCUT2D eigenvalue weighted by atomic mass is 32.1. The van der Waals surface area contributed by atoms with Gasteiger partial charge in [0.25, 0.3) is 0 Å². The average Bonchev–Trinajstić information content (AvgIpc) is 3.84. The van der Waals surface area contributed by atoms with Crippen molar-refractivity contribution < 1.29 is 4.42 Å². The lowest BCUT2D eigenvalue weighted by molar-refractivity contribution is 0.669. The summed E-state index contributed by atoms with van der Waals surface area (Å²) in [7, 11) is 0. The molecule has 11 aromatic rings. The monoisotopic (exact) mass is 733 g/mol. The first-order valence-electron chi connectivity index (χ1n) is 18.7. The number of nitrogens with zero attached hydrogens (tertiary/aromatic N) is 3. The number of para-hydroxylation sites is 1. The second-order valence-corrected chi connectivity index (χ2v) is 15.1. The van der Waals surface area contributed by atoms with Gasteiger partial charge in [0.2, 0.25) is 0 Å². The maximum atomic E-state index is 6.30. The molecule has 0 unspecified atom stereocenters. The third-order valence-corrected chi connectivity index (χ3v) is 11.7. The molecule has 0 amide bonds. The molecule has 0 saturated carbocycles. The Hall–Kier alpha value is -7.21. The van der Waals surface area contributed by atoms with Crippen LogP contribution in [0.4, 0.5) is 0 Å². The third kappa shape index (κ3) is 5.65. The standard InChI is InChI=1S/C51H31N3OS/c1-3-11-33(12-4-1)49-52-50(34-13-5-2-6-14-34)54-51(53-49)35-21-19-32(20-22-35)43-29-36(37-24-27-41-40-15-7-9-17-45(40)55-46(41)31-37)23-26-39(43)38-25-28-48-44(30-38)42-16-8-10-18-47(42)56-48/h1-31H. The van der Waals surface area contributed by atoms with Gasteiger partial charge in [-0.2, -0.15) is 0 Å². The van der Waals surface area contributed by atoms with Crippen LogP contribution in [0.5, 0.6) is 0 Å². The lowest BCUT2D eigenvalue weighted by Crippen LogP contribution is -2.00. The second-order valence-electron chi connectivity index (χ2n) is 14.0. The van der Waals surface area contributed by atoms with Crippen LogP contribution in [-0.2, 0) is 0 Å². The SMILES string of the molecule is c1ccc(-c2nc(-c3ccccc3)nc(-c3ccc(-c4cc(-c5ccc6c(c5)oc5ccccc56)ccc4-c4ccc5sc6ccccc6c5c4)cc3)n2)cc1. The molecule has 8 aromatic carbocycles. The average molecular weight is 734 g/mol. The van der Waals surface area contributed by atoms with Crippen molar-refractivity contribution in [2.24, 2.45) is 0 Å². The van der Waals surface area contributed by atoms with E-state index in [9.17, 15) is 0 Å². The number of benzene rings is 8. The molecule has 5 heteroatoms. The van der Waals surface area contributed by atoms with Gasteiger partial charge in [-0.3, -0.25) is 0 Å². The molecule has 262 valence electrons. The van der Waals surface area contributed by atoms with Crippen molar-refractivity contribution in [2.75, 3.05) is 0 Å². The molecule has 4 nitrogen and oxygen atoms in total. The molecule has 0 radical (unpaired) electrons. The van der Waals surface area contributed by atoms with E-state index in [1.165, 1.54) is 31.3 Å². The lowest BCUT2D eigenvalue weighted by atomic mass is 9.90. The van der Waals surface area contributed by atoms with Crippen molar-refractivity contribution in [3.8, 4) is 67.5 Å². The molecule has 0 saturated heterocycles. The van der Waals surface area contributed by atoms with Crippen molar-refractivity contribution >= 4 is 53.4 Å². The van der Waals surface area contributed by atoms with E-state index in [0.29, 0.717) is 17.5 Å². The predicted octanol–water partition coefficient (Wildman–Crippen LogP) is 14.1. The fraction of sp³-hybridized carbons (Fsp3) is 0. The fourth-order valence-electron chi connectivity index (χ4n) is 7.75. The van der Waals surface area contributed by atoms with E-state index in [-0.39, 0.29) is 0 Å². The Morgan fingerprint density at radius 3 is 1.55 bits per heavy atom. The Morgan fingerprint density at radius 2 is 0.821 bits per heavy atom. The minimum Gasteiger partial charge on any atom is -0.456 e. The lowest BCUT2D eigenvalue weighted by Gasteiger charge is -2.14. The number of aromatic nitrogens is 3. The molecule has 3 heterocycles. The van der Waals surface area contributed by atoms with Gasteiger partial charge >= 0.3 is 0 Å². The van der Waals surface area contributed by atoms with Crippen LogP contribution in [0.15, 0.2) is 192 Å². The molecule has 0 aliphatic heterocycles. The largest absolute Gasteiger partial charge is 0.456 e. The molecule has 0 N–H and O–H groups in total. The molecule has 56 heavy (non-hydrogen) atoms. The summed E-state index contributed by atoms with van der Waals surface area (Å²) in [6.07, 6.45) is 0. The number of hydrogen-bond acceptors (Lipinski definition) is 5. The van der Waals surface area contributed by atoms with Gasteiger partial charge in [-0.25, -0.2) is 15.0 Å². The zero-order valence-corrected chi connectivity index (χ0v) is 30.9. The minimum absolute atomic E-state index is 0.632. The van der Waals surface area contributed by atoms with Gasteiger partial charge in [-0.15, -0.1) is 11.3 Å². The van der Waals surface area contributed by atoms with E-state index >= 15 is 0 Å². The minimum atomic E-state index is 0.632. The van der Waals surface area contributed by atoms with Crippen LogP contribution in [0, 0.1) is 0 Å². The topological polar surface area (TPSA) is 51.8 Å². The summed E-state index contributed by atoms with van der Waals surface area (Å²) in [5.74, 6) is 1.92. The Kier molecular flexibility index (Phi) is 7.64. The number of furan rings is 1. The molecule has 0 aliphatic carbocycles. The Labute approximate surface area is 327 Å². The molecule has 11 rings (SSSR count). The smallest absolute Gasteiger partial charge is 0.164 e. The molecule has 0 fully saturated rings. The van der Waals surface area contributed by atoms with E-state index in [2.05, 4.69) is 115 Å². The van der Waals surface area contributed by atoms with Gasteiger partial charge in [-0.05, 0) is 75.8 Å². The normalized spacial score (nSPS) is 11.6. The summed E-state index contributed by atoms with van der Waals surface area (Å²) in [5.41, 5.74) is 11.4. The number of fused-ring (bicyclic) bond motifs is 6. The highest BCUT2D eigenvalue weighted by Gasteiger charge is 2.16. The number of thiophene rings is 1. The van der Waals surface area contributed by atoms with Gasteiger partial charge in [-0.1, -0.05) is 146 Å². The van der Waals surface area contributed by atoms with Crippen LogP contribution in [0.1, 0.15) is 0 Å². The Morgan fingerprint density at radius 1 is 0.304 bits per heavy atom. The zero-order chi connectivity index (χ0) is 37.0. The maximum absolute atomic E-state index is 6.30. The highest BCUT2D eigenvalue weighted by Crippen LogP contribution is 2.41. The summed E-state index contributed by atoms with van der Waals surface area (Å²) < 4.78 is 8.90. The van der Waals surface area contributed by atoms with Crippen molar-refractivity contribution in [3.05, 3.63) is 188 Å². The first kappa shape index (κ1) is 32.2. The van der Waals surface area contributed by atoms with Crippen LogP contribution in [0.2, 0.25) is 0 Å². The number of hydrogen-bond donors (Lipinski definition) is 0. The second kappa shape index (κ2) is 13.3. The molecule has 0 bridgehead atoms. The Balaban J connectivity index is 1.05. The summed E-state index contributed by atoms with van der Waals surface area (Å²) in [5, 5.41) is 4.82. The predicted molar refractivity (Wildman–Crippen MR) is 233 cm³/mol. The van der Waals surface area contributed by atoms with Crippen LogP contribution in [0.25, 0.3) is 110 Å². The first-order valence-corrected chi connectivity index (χ1v) is 19.5. The molecular formula is C51H31N3OS. The van der Waals surface area contributed by atoms with Gasteiger partial charge < -0.3 is 4.42 Å². The molecular weight excluding hydrogens is 703 g/mol. The molecule has 3 aromatic heterocycles. The molecule has 0 spiro atoms.